The average molecular weight is 282 g/mol. The zero-order valence-electron chi connectivity index (χ0n) is 12.8. The fourth-order valence-corrected chi connectivity index (χ4v) is 5.85. The second-order valence-corrected chi connectivity index (χ2v) is 7.90. The first kappa shape index (κ1) is 12.7. The van der Waals surface area contributed by atoms with Crippen LogP contribution >= 0.6 is 0 Å². The molecule has 1 aromatic rings. The molecule has 4 unspecified atom stereocenters. The summed E-state index contributed by atoms with van der Waals surface area (Å²) >= 11 is 0. The summed E-state index contributed by atoms with van der Waals surface area (Å²) in [4.78, 5) is 2.91. The Morgan fingerprint density at radius 1 is 0.810 bits per heavy atom. The van der Waals surface area contributed by atoms with E-state index in [2.05, 4.69) is 34.5 Å². The van der Waals surface area contributed by atoms with Crippen LogP contribution in [0.3, 0.4) is 0 Å². The molecule has 0 aromatic heterocycles. The Morgan fingerprint density at radius 2 is 1.38 bits per heavy atom. The summed E-state index contributed by atoms with van der Waals surface area (Å²) in [5, 5.41) is 3.59. The third kappa shape index (κ3) is 1.99. The van der Waals surface area contributed by atoms with E-state index in [4.69, 9.17) is 0 Å². The highest BCUT2D eigenvalue weighted by Gasteiger charge is 2.46. The molecule has 2 aliphatic carbocycles. The Labute approximate surface area is 127 Å². The topological polar surface area (TPSA) is 15.3 Å². The van der Waals surface area contributed by atoms with E-state index in [0.29, 0.717) is 0 Å². The average Bonchev–Trinajstić information content (AvgIpc) is 3.10. The van der Waals surface area contributed by atoms with Crippen molar-refractivity contribution in [3.05, 3.63) is 35.4 Å². The van der Waals surface area contributed by atoms with Gasteiger partial charge in [0.25, 0.3) is 0 Å². The van der Waals surface area contributed by atoms with Gasteiger partial charge in [0, 0.05) is 19.1 Å². The van der Waals surface area contributed by atoms with Gasteiger partial charge in [-0.1, -0.05) is 24.3 Å². The molecule has 2 bridgehead atoms. The minimum Gasteiger partial charge on any atom is -0.316 e. The molecule has 2 nitrogen and oxygen atoms in total. The zero-order valence-corrected chi connectivity index (χ0v) is 12.8. The molecule has 1 saturated carbocycles. The number of benzene rings is 1. The number of hydrogen-bond donors (Lipinski definition) is 1. The van der Waals surface area contributed by atoms with Crippen molar-refractivity contribution in [3.63, 3.8) is 0 Å². The fraction of sp³-hybridized carbons (Fsp3) is 0.684. The Kier molecular flexibility index (Phi) is 2.91. The van der Waals surface area contributed by atoms with Gasteiger partial charge in [0.2, 0.25) is 0 Å². The summed E-state index contributed by atoms with van der Waals surface area (Å²) in [5.74, 6) is 3.72. The van der Waals surface area contributed by atoms with E-state index in [1.807, 2.05) is 0 Å². The number of nitrogens with zero attached hydrogens (tertiary/aromatic N) is 1. The smallest absolute Gasteiger partial charge is 0.0158 e. The van der Waals surface area contributed by atoms with Gasteiger partial charge in [-0.3, -0.25) is 4.90 Å². The first-order chi connectivity index (χ1) is 10.4. The van der Waals surface area contributed by atoms with Crippen LogP contribution in [0.4, 0.5) is 0 Å². The van der Waals surface area contributed by atoms with Crippen LogP contribution in [0.2, 0.25) is 0 Å². The second-order valence-electron chi connectivity index (χ2n) is 7.90. The van der Waals surface area contributed by atoms with Gasteiger partial charge >= 0.3 is 0 Å². The highest BCUT2D eigenvalue weighted by atomic mass is 15.2. The summed E-state index contributed by atoms with van der Waals surface area (Å²) in [6, 6.07) is 10.1. The minimum absolute atomic E-state index is 0.878. The van der Waals surface area contributed by atoms with E-state index in [-0.39, 0.29) is 0 Å². The molecule has 0 amide bonds. The molecule has 5 rings (SSSR count). The van der Waals surface area contributed by atoms with Crippen LogP contribution in [0.25, 0.3) is 0 Å². The summed E-state index contributed by atoms with van der Waals surface area (Å²) in [6.45, 7) is 5.27. The maximum absolute atomic E-state index is 3.59. The Balaban J connectivity index is 1.42. The van der Waals surface area contributed by atoms with Gasteiger partial charge in [-0.15, -0.1) is 0 Å². The van der Waals surface area contributed by atoms with Crippen molar-refractivity contribution in [2.45, 2.75) is 31.7 Å². The molecule has 0 radical (unpaired) electrons. The van der Waals surface area contributed by atoms with Crippen molar-refractivity contribution in [1.29, 1.82) is 0 Å². The highest BCUT2D eigenvalue weighted by Crippen LogP contribution is 2.44. The SMILES string of the molecule is c1ccc2c(c1)CC1CCC(C2)C1N1CC2CNCC2C1. The molecule has 2 saturated heterocycles. The molecule has 4 atom stereocenters. The minimum atomic E-state index is 0.878. The van der Waals surface area contributed by atoms with E-state index in [1.165, 1.54) is 51.9 Å². The van der Waals surface area contributed by atoms with Crippen LogP contribution in [-0.4, -0.2) is 37.1 Å². The third-order valence-corrected chi connectivity index (χ3v) is 6.80. The number of rotatable bonds is 1. The van der Waals surface area contributed by atoms with E-state index < -0.39 is 0 Å². The second kappa shape index (κ2) is 4.82. The standard InChI is InChI=1S/C19H26N2/c1-2-4-14-8-16-6-5-15(7-13(14)3-1)19(16)21-11-17-9-20-10-18(17)12-21/h1-4,15-20H,5-12H2. The number of hydrogen-bond acceptors (Lipinski definition) is 2. The molecule has 2 heterocycles. The monoisotopic (exact) mass is 282 g/mol. The molecule has 0 spiro atoms. The molecule has 21 heavy (non-hydrogen) atoms. The summed E-state index contributed by atoms with van der Waals surface area (Å²) in [6.07, 6.45) is 5.60. The molecule has 2 aliphatic heterocycles. The molecule has 112 valence electrons. The van der Waals surface area contributed by atoms with E-state index in [9.17, 15) is 0 Å². The number of nitrogens with one attached hydrogen (secondary N) is 1. The lowest BCUT2D eigenvalue weighted by atomic mass is 9.94. The lowest BCUT2D eigenvalue weighted by molar-refractivity contribution is 0.149. The summed E-state index contributed by atoms with van der Waals surface area (Å²) < 4.78 is 0. The first-order valence-electron chi connectivity index (χ1n) is 8.90. The van der Waals surface area contributed by atoms with Gasteiger partial charge in [0.1, 0.15) is 0 Å². The number of likely N-dealkylation sites (tertiary alicyclic amines) is 1. The molecule has 1 N–H and O–H groups in total. The van der Waals surface area contributed by atoms with Crippen molar-refractivity contribution in [3.8, 4) is 0 Å². The van der Waals surface area contributed by atoms with Crippen molar-refractivity contribution in [2.24, 2.45) is 23.7 Å². The lowest BCUT2D eigenvalue weighted by Crippen LogP contribution is -2.42. The van der Waals surface area contributed by atoms with E-state index in [0.717, 1.165) is 29.7 Å². The van der Waals surface area contributed by atoms with Crippen molar-refractivity contribution >= 4 is 0 Å². The van der Waals surface area contributed by atoms with Crippen LogP contribution in [0.15, 0.2) is 24.3 Å². The largest absolute Gasteiger partial charge is 0.316 e. The maximum Gasteiger partial charge on any atom is 0.0158 e. The molecular weight excluding hydrogens is 256 g/mol. The summed E-state index contributed by atoms with van der Waals surface area (Å²) in [5.41, 5.74) is 3.30. The van der Waals surface area contributed by atoms with Gasteiger partial charge in [0.15, 0.2) is 0 Å². The summed E-state index contributed by atoms with van der Waals surface area (Å²) in [7, 11) is 0. The van der Waals surface area contributed by atoms with Crippen molar-refractivity contribution in [2.75, 3.05) is 26.2 Å². The van der Waals surface area contributed by atoms with Crippen LogP contribution in [0.5, 0.6) is 0 Å². The van der Waals surface area contributed by atoms with E-state index in [1.54, 1.807) is 11.1 Å². The van der Waals surface area contributed by atoms with Gasteiger partial charge in [-0.25, -0.2) is 0 Å². The molecular formula is C19H26N2. The Morgan fingerprint density at radius 3 is 1.95 bits per heavy atom. The van der Waals surface area contributed by atoms with Gasteiger partial charge in [0.05, 0.1) is 0 Å². The Hall–Kier alpha value is -0.860. The van der Waals surface area contributed by atoms with Crippen LogP contribution in [0, 0.1) is 23.7 Å². The molecule has 4 aliphatic rings. The first-order valence-corrected chi connectivity index (χ1v) is 8.90. The van der Waals surface area contributed by atoms with E-state index >= 15 is 0 Å². The molecule has 1 aromatic carbocycles. The molecule has 2 heteroatoms. The molecule has 3 fully saturated rings. The predicted molar refractivity (Wildman–Crippen MR) is 85.3 cm³/mol. The van der Waals surface area contributed by atoms with Gasteiger partial charge in [-0.05, 0) is 73.6 Å². The third-order valence-electron chi connectivity index (χ3n) is 6.80. The highest BCUT2D eigenvalue weighted by molar-refractivity contribution is 5.31. The Bertz CT molecular complexity index is 495. The van der Waals surface area contributed by atoms with Crippen LogP contribution < -0.4 is 5.32 Å². The number of fused-ring (bicyclic) bond motifs is 4. The predicted octanol–water partition coefficient (Wildman–Crippen LogP) is 2.33. The van der Waals surface area contributed by atoms with Gasteiger partial charge in [-0.2, -0.15) is 0 Å². The van der Waals surface area contributed by atoms with Gasteiger partial charge < -0.3 is 5.32 Å². The lowest BCUT2D eigenvalue weighted by Gasteiger charge is -2.33. The van der Waals surface area contributed by atoms with Crippen molar-refractivity contribution < 1.29 is 0 Å². The van der Waals surface area contributed by atoms with Crippen LogP contribution in [0.1, 0.15) is 24.0 Å². The normalized spacial score (nSPS) is 41.8. The van der Waals surface area contributed by atoms with Crippen molar-refractivity contribution in [1.82, 2.24) is 10.2 Å². The maximum atomic E-state index is 3.59. The fourth-order valence-electron chi connectivity index (χ4n) is 5.85. The quantitative estimate of drug-likeness (QED) is 0.850. The van der Waals surface area contributed by atoms with Crippen LogP contribution in [-0.2, 0) is 12.8 Å². The zero-order chi connectivity index (χ0) is 13.8.